The maximum atomic E-state index is 12.1. The number of nitrogens with one attached hydrogen (secondary N) is 2. The van der Waals surface area contributed by atoms with Crippen LogP contribution in [0.25, 0.3) is 0 Å². The number of carbonyl (C=O) groups is 2. The number of carbonyl (C=O) groups excluding carboxylic acids is 2. The molecule has 1 aromatic carbocycles. The first kappa shape index (κ1) is 15.3. The lowest BCUT2D eigenvalue weighted by Gasteiger charge is -2.24. The lowest BCUT2D eigenvalue weighted by atomic mass is 9.89. The van der Waals surface area contributed by atoms with Crippen molar-refractivity contribution in [2.75, 3.05) is 5.32 Å². The van der Waals surface area contributed by atoms with Crippen molar-refractivity contribution in [1.82, 2.24) is 5.32 Å². The van der Waals surface area contributed by atoms with E-state index in [9.17, 15) is 9.59 Å². The summed E-state index contributed by atoms with van der Waals surface area (Å²) in [6, 6.07) is 11.2. The molecule has 2 amide bonds. The Morgan fingerprint density at radius 3 is 2.96 bits per heavy atom. The molecule has 5 heteroatoms. The summed E-state index contributed by atoms with van der Waals surface area (Å²) >= 11 is 0. The molecule has 2 atom stereocenters. The first-order chi connectivity index (χ1) is 11.1. The number of fused-ring (bicyclic) bond motifs is 1. The average Bonchev–Trinajstić information content (AvgIpc) is 3.07. The van der Waals surface area contributed by atoms with Gasteiger partial charge in [-0.3, -0.25) is 9.59 Å². The minimum Gasteiger partial charge on any atom is -0.467 e. The Balaban J connectivity index is 1.52. The van der Waals surface area contributed by atoms with Crippen LogP contribution in [-0.4, -0.2) is 11.8 Å². The van der Waals surface area contributed by atoms with E-state index in [1.54, 1.807) is 12.3 Å². The van der Waals surface area contributed by atoms with Crippen LogP contribution >= 0.6 is 0 Å². The fraction of sp³-hybridized carbons (Fsp3) is 0.333. The van der Waals surface area contributed by atoms with Gasteiger partial charge < -0.3 is 15.1 Å². The molecule has 23 heavy (non-hydrogen) atoms. The van der Waals surface area contributed by atoms with Crippen molar-refractivity contribution < 1.29 is 14.0 Å². The fourth-order valence-corrected chi connectivity index (χ4v) is 2.87. The summed E-state index contributed by atoms with van der Waals surface area (Å²) < 4.78 is 5.27. The highest BCUT2D eigenvalue weighted by atomic mass is 16.3. The third-order valence-electron chi connectivity index (χ3n) is 4.18. The number of hydrogen-bond donors (Lipinski definition) is 2. The number of para-hydroxylation sites is 1. The van der Waals surface area contributed by atoms with E-state index in [-0.39, 0.29) is 23.8 Å². The smallest absolute Gasteiger partial charge is 0.227 e. The predicted molar refractivity (Wildman–Crippen MR) is 86.8 cm³/mol. The monoisotopic (exact) mass is 312 g/mol. The van der Waals surface area contributed by atoms with E-state index in [1.807, 2.05) is 37.3 Å². The minimum atomic E-state index is -0.168. The molecule has 0 saturated carbocycles. The standard InChI is InChI=1S/C18H20N2O3/c1-12(16-7-4-10-23-16)19-17(21)9-8-14-11-13-5-2-3-6-15(13)20-18(14)22/h2-7,10,12,14H,8-9,11H2,1H3,(H,19,21)(H,20,22). The number of hydrogen-bond acceptors (Lipinski definition) is 3. The number of benzene rings is 1. The van der Waals surface area contributed by atoms with Gasteiger partial charge in [-0.05, 0) is 43.5 Å². The number of anilines is 1. The Morgan fingerprint density at radius 1 is 1.35 bits per heavy atom. The Bertz CT molecular complexity index is 694. The Kier molecular flexibility index (Phi) is 4.46. The molecule has 1 aliphatic heterocycles. The SMILES string of the molecule is CC(NC(=O)CCC1Cc2ccccc2NC1=O)c1ccco1. The molecule has 0 aliphatic carbocycles. The highest BCUT2D eigenvalue weighted by Gasteiger charge is 2.26. The fourth-order valence-electron chi connectivity index (χ4n) is 2.87. The lowest BCUT2D eigenvalue weighted by molar-refractivity contribution is -0.123. The van der Waals surface area contributed by atoms with Crippen molar-refractivity contribution in [2.24, 2.45) is 5.92 Å². The quantitative estimate of drug-likeness (QED) is 0.891. The van der Waals surface area contributed by atoms with Crippen molar-refractivity contribution in [1.29, 1.82) is 0 Å². The molecule has 2 N–H and O–H groups in total. The first-order valence-corrected chi connectivity index (χ1v) is 7.85. The van der Waals surface area contributed by atoms with E-state index in [2.05, 4.69) is 10.6 Å². The zero-order valence-electron chi connectivity index (χ0n) is 13.0. The summed E-state index contributed by atoms with van der Waals surface area (Å²) in [6.45, 7) is 1.88. The number of amides is 2. The van der Waals surface area contributed by atoms with Gasteiger partial charge in [0.2, 0.25) is 11.8 Å². The minimum absolute atomic E-state index is 0.00409. The van der Waals surface area contributed by atoms with Gasteiger partial charge in [-0.2, -0.15) is 0 Å². The van der Waals surface area contributed by atoms with Crippen LogP contribution in [0.3, 0.4) is 0 Å². The van der Waals surface area contributed by atoms with Crippen LogP contribution in [0.15, 0.2) is 47.1 Å². The molecule has 1 aliphatic rings. The van der Waals surface area contributed by atoms with E-state index in [1.165, 1.54) is 0 Å². The predicted octanol–water partition coefficient (Wildman–Crippen LogP) is 3.05. The molecular formula is C18H20N2O3. The number of rotatable bonds is 5. The molecule has 0 fully saturated rings. The average molecular weight is 312 g/mol. The Hall–Kier alpha value is -2.56. The first-order valence-electron chi connectivity index (χ1n) is 7.85. The van der Waals surface area contributed by atoms with Gasteiger partial charge in [-0.25, -0.2) is 0 Å². The molecule has 2 unspecified atom stereocenters. The van der Waals surface area contributed by atoms with E-state index in [0.717, 1.165) is 17.0 Å². The molecule has 2 heterocycles. The normalized spacial score (nSPS) is 18.0. The summed E-state index contributed by atoms with van der Waals surface area (Å²) in [5.74, 6) is 0.494. The molecule has 1 aromatic heterocycles. The molecule has 0 saturated heterocycles. The van der Waals surface area contributed by atoms with Crippen LogP contribution in [0.5, 0.6) is 0 Å². The van der Waals surface area contributed by atoms with E-state index in [0.29, 0.717) is 19.3 Å². The van der Waals surface area contributed by atoms with Crippen molar-refractivity contribution in [3.05, 3.63) is 54.0 Å². The van der Waals surface area contributed by atoms with Crippen LogP contribution in [0, 0.1) is 5.92 Å². The highest BCUT2D eigenvalue weighted by molar-refractivity contribution is 5.96. The topological polar surface area (TPSA) is 71.3 Å². The maximum Gasteiger partial charge on any atom is 0.227 e. The molecule has 0 bridgehead atoms. The van der Waals surface area contributed by atoms with Gasteiger partial charge in [-0.15, -0.1) is 0 Å². The van der Waals surface area contributed by atoms with Gasteiger partial charge in [0.1, 0.15) is 5.76 Å². The maximum absolute atomic E-state index is 12.1. The van der Waals surface area contributed by atoms with Gasteiger partial charge >= 0.3 is 0 Å². The van der Waals surface area contributed by atoms with E-state index >= 15 is 0 Å². The third-order valence-corrected chi connectivity index (χ3v) is 4.18. The number of furan rings is 1. The van der Waals surface area contributed by atoms with Crippen LogP contribution in [-0.2, 0) is 16.0 Å². The van der Waals surface area contributed by atoms with Gasteiger partial charge in [0.05, 0.1) is 12.3 Å². The highest BCUT2D eigenvalue weighted by Crippen LogP contribution is 2.27. The summed E-state index contributed by atoms with van der Waals surface area (Å²) in [4.78, 5) is 24.2. The van der Waals surface area contributed by atoms with Crippen LogP contribution in [0.2, 0.25) is 0 Å². The Morgan fingerprint density at radius 2 is 2.17 bits per heavy atom. The van der Waals surface area contributed by atoms with Crippen LogP contribution < -0.4 is 10.6 Å². The van der Waals surface area contributed by atoms with E-state index < -0.39 is 0 Å². The van der Waals surface area contributed by atoms with Crippen molar-refractivity contribution in [2.45, 2.75) is 32.2 Å². The Labute approximate surface area is 135 Å². The summed E-state index contributed by atoms with van der Waals surface area (Å²) in [6.07, 6.45) is 3.13. The summed E-state index contributed by atoms with van der Waals surface area (Å²) in [5.41, 5.74) is 2.01. The molecule has 3 rings (SSSR count). The molecule has 0 spiro atoms. The van der Waals surface area contributed by atoms with Gasteiger partial charge in [0.15, 0.2) is 0 Å². The molecule has 120 valence electrons. The second kappa shape index (κ2) is 6.69. The molecule has 5 nitrogen and oxygen atoms in total. The van der Waals surface area contributed by atoms with Crippen LogP contribution in [0.4, 0.5) is 5.69 Å². The van der Waals surface area contributed by atoms with Crippen LogP contribution in [0.1, 0.15) is 37.1 Å². The third kappa shape index (κ3) is 3.62. The second-order valence-corrected chi connectivity index (χ2v) is 5.89. The summed E-state index contributed by atoms with van der Waals surface area (Å²) in [5, 5.41) is 5.80. The zero-order chi connectivity index (χ0) is 16.2. The lowest BCUT2D eigenvalue weighted by Crippen LogP contribution is -2.32. The largest absolute Gasteiger partial charge is 0.467 e. The molecule has 2 aromatic rings. The van der Waals surface area contributed by atoms with Crippen molar-refractivity contribution in [3.63, 3.8) is 0 Å². The molecular weight excluding hydrogens is 292 g/mol. The molecule has 0 radical (unpaired) electrons. The van der Waals surface area contributed by atoms with E-state index in [4.69, 9.17) is 4.42 Å². The second-order valence-electron chi connectivity index (χ2n) is 5.89. The van der Waals surface area contributed by atoms with Gasteiger partial charge in [0.25, 0.3) is 0 Å². The van der Waals surface area contributed by atoms with Gasteiger partial charge in [-0.1, -0.05) is 18.2 Å². The zero-order valence-corrected chi connectivity index (χ0v) is 13.0. The van der Waals surface area contributed by atoms with Crippen molar-refractivity contribution in [3.8, 4) is 0 Å². The summed E-state index contributed by atoms with van der Waals surface area (Å²) in [7, 11) is 0. The van der Waals surface area contributed by atoms with Gasteiger partial charge in [0, 0.05) is 18.0 Å². The van der Waals surface area contributed by atoms with Crippen molar-refractivity contribution >= 4 is 17.5 Å².